The highest BCUT2D eigenvalue weighted by Crippen LogP contribution is 2.22. The zero-order chi connectivity index (χ0) is 19.4. The van der Waals surface area contributed by atoms with Gasteiger partial charge in [0.2, 0.25) is 5.91 Å². The highest BCUT2D eigenvalue weighted by molar-refractivity contribution is 6.33. The molecule has 1 aromatic carbocycles. The number of amides is 2. The van der Waals surface area contributed by atoms with Crippen LogP contribution in [-0.4, -0.2) is 85.5 Å². The monoisotopic (exact) mass is 397 g/mol. The second kappa shape index (κ2) is 8.99. The number of hydrogen-bond acceptors (Lipinski definition) is 4. The second-order valence-corrected chi connectivity index (χ2v) is 7.34. The average Bonchev–Trinajstić information content (AvgIpc) is 2.85. The molecule has 2 heterocycles. The summed E-state index contributed by atoms with van der Waals surface area (Å²) in [5.41, 5.74) is 0.314. The average molecular weight is 398 g/mol. The first-order valence-corrected chi connectivity index (χ1v) is 9.65. The van der Waals surface area contributed by atoms with Gasteiger partial charge in [-0.25, -0.2) is 4.39 Å². The van der Waals surface area contributed by atoms with E-state index in [1.165, 1.54) is 12.1 Å². The first kappa shape index (κ1) is 20.0. The van der Waals surface area contributed by atoms with Crippen LogP contribution in [0.1, 0.15) is 23.2 Å². The van der Waals surface area contributed by atoms with Crippen molar-refractivity contribution < 1.29 is 18.7 Å². The SMILES string of the molecule is COCCN1CCC(N2CCCN(C(=O)c3ccc(F)cc3Cl)CC2)C1=O. The minimum Gasteiger partial charge on any atom is -0.383 e. The summed E-state index contributed by atoms with van der Waals surface area (Å²) in [4.78, 5) is 31.2. The van der Waals surface area contributed by atoms with Crippen LogP contribution in [0.5, 0.6) is 0 Å². The highest BCUT2D eigenvalue weighted by Gasteiger charge is 2.36. The van der Waals surface area contributed by atoms with E-state index in [2.05, 4.69) is 4.90 Å². The molecule has 2 fully saturated rings. The maximum absolute atomic E-state index is 13.2. The van der Waals surface area contributed by atoms with Crippen LogP contribution in [0.4, 0.5) is 4.39 Å². The summed E-state index contributed by atoms with van der Waals surface area (Å²) in [5.74, 6) is -0.508. The van der Waals surface area contributed by atoms with Crippen LogP contribution in [0.3, 0.4) is 0 Å². The van der Waals surface area contributed by atoms with Crippen molar-refractivity contribution in [1.29, 1.82) is 0 Å². The van der Waals surface area contributed by atoms with Gasteiger partial charge in [0.15, 0.2) is 0 Å². The Hall–Kier alpha value is -1.70. The van der Waals surface area contributed by atoms with Crippen molar-refractivity contribution in [2.24, 2.45) is 0 Å². The van der Waals surface area contributed by atoms with Gasteiger partial charge in [-0.2, -0.15) is 0 Å². The van der Waals surface area contributed by atoms with E-state index in [-0.39, 0.29) is 22.9 Å². The molecule has 3 rings (SSSR count). The Kier molecular flexibility index (Phi) is 6.68. The fraction of sp³-hybridized carbons (Fsp3) is 0.579. The van der Waals surface area contributed by atoms with Gasteiger partial charge in [-0.3, -0.25) is 14.5 Å². The van der Waals surface area contributed by atoms with Crippen molar-refractivity contribution in [3.63, 3.8) is 0 Å². The Morgan fingerprint density at radius 2 is 2.07 bits per heavy atom. The number of methoxy groups -OCH3 is 1. The number of rotatable bonds is 5. The van der Waals surface area contributed by atoms with Crippen molar-refractivity contribution in [3.8, 4) is 0 Å². The molecule has 2 aliphatic heterocycles. The van der Waals surface area contributed by atoms with Crippen molar-refractivity contribution in [2.75, 3.05) is 53.0 Å². The van der Waals surface area contributed by atoms with Crippen LogP contribution in [0, 0.1) is 5.82 Å². The van der Waals surface area contributed by atoms with Crippen molar-refractivity contribution >= 4 is 23.4 Å². The number of benzene rings is 1. The molecule has 27 heavy (non-hydrogen) atoms. The van der Waals surface area contributed by atoms with Gasteiger partial charge in [-0.15, -0.1) is 0 Å². The molecule has 148 valence electrons. The quantitative estimate of drug-likeness (QED) is 0.761. The minimum atomic E-state index is -0.462. The molecule has 1 atom stereocenters. The molecule has 2 aliphatic rings. The van der Waals surface area contributed by atoms with Crippen molar-refractivity contribution in [1.82, 2.24) is 14.7 Å². The molecule has 8 heteroatoms. The molecule has 2 saturated heterocycles. The predicted molar refractivity (Wildman–Crippen MR) is 100 cm³/mol. The summed E-state index contributed by atoms with van der Waals surface area (Å²) < 4.78 is 18.3. The molecule has 0 spiro atoms. The molecule has 1 unspecified atom stereocenters. The largest absolute Gasteiger partial charge is 0.383 e. The molecule has 0 aliphatic carbocycles. The van der Waals surface area contributed by atoms with Crippen LogP contribution in [-0.2, 0) is 9.53 Å². The molecule has 0 saturated carbocycles. The van der Waals surface area contributed by atoms with E-state index >= 15 is 0 Å². The van der Waals surface area contributed by atoms with E-state index < -0.39 is 5.82 Å². The summed E-state index contributed by atoms with van der Waals surface area (Å²) in [6.45, 7) is 4.43. The lowest BCUT2D eigenvalue weighted by Gasteiger charge is -2.26. The topological polar surface area (TPSA) is 53.1 Å². The normalized spacial score (nSPS) is 21.6. The first-order chi connectivity index (χ1) is 13.0. The van der Waals surface area contributed by atoms with E-state index in [0.717, 1.165) is 32.0 Å². The van der Waals surface area contributed by atoms with Gasteiger partial charge in [0.1, 0.15) is 5.82 Å². The maximum Gasteiger partial charge on any atom is 0.255 e. The number of ether oxygens (including phenoxy) is 1. The van der Waals surface area contributed by atoms with Gasteiger partial charge in [0.25, 0.3) is 5.91 Å². The van der Waals surface area contributed by atoms with Gasteiger partial charge < -0.3 is 14.5 Å². The summed E-state index contributed by atoms with van der Waals surface area (Å²) >= 11 is 6.04. The fourth-order valence-corrected chi connectivity index (χ4v) is 4.02. The molecule has 0 aromatic heterocycles. The molecule has 0 radical (unpaired) electrons. The molecule has 1 aromatic rings. The number of hydrogen-bond donors (Lipinski definition) is 0. The first-order valence-electron chi connectivity index (χ1n) is 9.27. The van der Waals surface area contributed by atoms with Crippen LogP contribution in [0.25, 0.3) is 0 Å². The minimum absolute atomic E-state index is 0.119. The summed E-state index contributed by atoms with van der Waals surface area (Å²) in [6, 6.07) is 3.71. The second-order valence-electron chi connectivity index (χ2n) is 6.93. The van der Waals surface area contributed by atoms with Gasteiger partial charge in [-0.1, -0.05) is 11.6 Å². The molecular formula is C19H25ClFN3O3. The van der Waals surface area contributed by atoms with Crippen molar-refractivity contribution in [2.45, 2.75) is 18.9 Å². The lowest BCUT2D eigenvalue weighted by molar-refractivity contribution is -0.132. The van der Waals surface area contributed by atoms with Gasteiger partial charge in [0.05, 0.1) is 23.2 Å². The highest BCUT2D eigenvalue weighted by atomic mass is 35.5. The smallest absolute Gasteiger partial charge is 0.255 e. The fourth-order valence-electron chi connectivity index (χ4n) is 3.77. The maximum atomic E-state index is 13.2. The number of nitrogens with zero attached hydrogens (tertiary/aromatic N) is 3. The van der Waals surface area contributed by atoms with Crippen LogP contribution >= 0.6 is 11.6 Å². The third-order valence-electron chi connectivity index (χ3n) is 5.25. The van der Waals surface area contributed by atoms with Gasteiger partial charge >= 0.3 is 0 Å². The number of carbonyl (C=O) groups is 2. The van der Waals surface area contributed by atoms with Gasteiger partial charge in [0, 0.05) is 46.4 Å². The van der Waals surface area contributed by atoms with E-state index in [1.807, 2.05) is 4.90 Å². The van der Waals surface area contributed by atoms with Crippen LogP contribution < -0.4 is 0 Å². The Balaban J connectivity index is 1.60. The third kappa shape index (κ3) is 4.59. The van der Waals surface area contributed by atoms with E-state index in [9.17, 15) is 14.0 Å². The molecule has 6 nitrogen and oxygen atoms in total. The number of halogens is 2. The van der Waals surface area contributed by atoms with E-state index in [4.69, 9.17) is 16.3 Å². The van der Waals surface area contributed by atoms with Crippen LogP contribution in [0.15, 0.2) is 18.2 Å². The van der Waals surface area contributed by atoms with E-state index in [1.54, 1.807) is 12.0 Å². The lowest BCUT2D eigenvalue weighted by Crippen LogP contribution is -2.44. The van der Waals surface area contributed by atoms with E-state index in [0.29, 0.717) is 38.3 Å². The Labute approximate surface area is 163 Å². The van der Waals surface area contributed by atoms with Gasteiger partial charge in [-0.05, 0) is 31.0 Å². The molecule has 2 amide bonds. The van der Waals surface area contributed by atoms with Crippen LogP contribution in [0.2, 0.25) is 5.02 Å². The standard InChI is InChI=1S/C19H25ClFN3O3/c1-27-12-11-24-8-5-17(19(24)26)22-6-2-7-23(10-9-22)18(25)15-4-3-14(21)13-16(15)20/h3-4,13,17H,2,5-12H2,1H3. The Bertz CT molecular complexity index is 703. The molecular weight excluding hydrogens is 373 g/mol. The zero-order valence-electron chi connectivity index (χ0n) is 15.5. The van der Waals surface area contributed by atoms with Crippen molar-refractivity contribution in [3.05, 3.63) is 34.6 Å². The number of likely N-dealkylation sites (tertiary alicyclic amines) is 1. The molecule has 0 N–H and O–H groups in total. The predicted octanol–water partition coefficient (Wildman–Crippen LogP) is 1.87. The lowest BCUT2D eigenvalue weighted by atomic mass is 10.2. The summed E-state index contributed by atoms with van der Waals surface area (Å²) in [5, 5.41) is 0.126. The zero-order valence-corrected chi connectivity index (χ0v) is 16.3. The number of carbonyl (C=O) groups excluding carboxylic acids is 2. The molecule has 0 bridgehead atoms. The summed E-state index contributed by atoms with van der Waals surface area (Å²) in [6.07, 6.45) is 1.59. The Morgan fingerprint density at radius 3 is 2.81 bits per heavy atom. The summed E-state index contributed by atoms with van der Waals surface area (Å²) in [7, 11) is 1.63. The third-order valence-corrected chi connectivity index (χ3v) is 5.57. The Morgan fingerprint density at radius 1 is 1.26 bits per heavy atom.